The van der Waals surface area contributed by atoms with Gasteiger partial charge in [-0.3, -0.25) is 0 Å². The van der Waals surface area contributed by atoms with Crippen molar-refractivity contribution in [1.29, 1.82) is 0 Å². The van der Waals surface area contributed by atoms with Crippen molar-refractivity contribution in [3.8, 4) is 5.75 Å². The molecule has 1 saturated heterocycles. The van der Waals surface area contributed by atoms with Crippen molar-refractivity contribution < 1.29 is 13.2 Å². The Hall–Kier alpha value is -1.27. The molecule has 5 nitrogen and oxygen atoms in total. The minimum absolute atomic E-state index is 0.172. The summed E-state index contributed by atoms with van der Waals surface area (Å²) in [5, 5.41) is 3.34. The second-order valence-corrected chi connectivity index (χ2v) is 7.78. The SMILES string of the molecule is Cc1cc(N2CCNCC2)ccc1OCCCS(C)(=O)=O. The van der Waals surface area contributed by atoms with E-state index in [0.717, 1.165) is 37.5 Å². The van der Waals surface area contributed by atoms with E-state index >= 15 is 0 Å². The quantitative estimate of drug-likeness (QED) is 0.800. The fourth-order valence-electron chi connectivity index (χ4n) is 2.42. The molecule has 0 aromatic heterocycles. The van der Waals surface area contributed by atoms with Crippen LogP contribution in [0.15, 0.2) is 18.2 Å². The topological polar surface area (TPSA) is 58.6 Å². The van der Waals surface area contributed by atoms with Crippen LogP contribution in [-0.2, 0) is 9.84 Å². The van der Waals surface area contributed by atoms with Crippen LogP contribution in [0.5, 0.6) is 5.75 Å². The molecule has 0 radical (unpaired) electrons. The molecule has 1 aliphatic heterocycles. The second kappa shape index (κ2) is 7.13. The fourth-order valence-corrected chi connectivity index (χ4v) is 3.06. The lowest BCUT2D eigenvalue weighted by molar-refractivity contribution is 0.315. The van der Waals surface area contributed by atoms with Crippen LogP contribution in [0.25, 0.3) is 0 Å². The van der Waals surface area contributed by atoms with Crippen LogP contribution in [0.1, 0.15) is 12.0 Å². The van der Waals surface area contributed by atoms with Gasteiger partial charge in [-0.05, 0) is 37.1 Å². The summed E-state index contributed by atoms with van der Waals surface area (Å²) in [6.07, 6.45) is 1.78. The maximum absolute atomic E-state index is 11.1. The minimum atomic E-state index is -2.90. The summed E-state index contributed by atoms with van der Waals surface area (Å²) in [7, 11) is -2.90. The number of aryl methyl sites for hydroxylation is 1. The third-order valence-corrected chi connectivity index (χ3v) is 4.59. The Labute approximate surface area is 127 Å². The Morgan fingerprint density at radius 2 is 2.00 bits per heavy atom. The second-order valence-electron chi connectivity index (χ2n) is 5.52. The van der Waals surface area contributed by atoms with Crippen LogP contribution in [0.2, 0.25) is 0 Å². The van der Waals surface area contributed by atoms with Gasteiger partial charge in [0.05, 0.1) is 12.4 Å². The highest BCUT2D eigenvalue weighted by molar-refractivity contribution is 7.90. The first kappa shape index (κ1) is 16.1. The molecule has 2 rings (SSSR count). The first-order chi connectivity index (χ1) is 9.96. The highest BCUT2D eigenvalue weighted by Crippen LogP contribution is 2.24. The Morgan fingerprint density at radius 1 is 1.29 bits per heavy atom. The van der Waals surface area contributed by atoms with Crippen LogP contribution in [0, 0.1) is 6.92 Å². The van der Waals surface area contributed by atoms with Crippen molar-refractivity contribution in [3.05, 3.63) is 23.8 Å². The van der Waals surface area contributed by atoms with Crippen molar-refractivity contribution >= 4 is 15.5 Å². The van der Waals surface area contributed by atoms with E-state index in [-0.39, 0.29) is 5.75 Å². The van der Waals surface area contributed by atoms with Crippen molar-refractivity contribution in [3.63, 3.8) is 0 Å². The number of nitrogens with zero attached hydrogens (tertiary/aromatic N) is 1. The molecule has 0 unspecified atom stereocenters. The third-order valence-electron chi connectivity index (χ3n) is 3.56. The first-order valence-electron chi connectivity index (χ1n) is 7.32. The lowest BCUT2D eigenvalue weighted by Crippen LogP contribution is -2.43. The molecular weight excluding hydrogens is 288 g/mol. The largest absolute Gasteiger partial charge is 0.493 e. The number of benzene rings is 1. The van der Waals surface area contributed by atoms with Gasteiger partial charge in [-0.25, -0.2) is 8.42 Å². The van der Waals surface area contributed by atoms with Crippen molar-refractivity contribution in [2.75, 3.05) is 49.7 Å². The van der Waals surface area contributed by atoms with E-state index in [1.807, 2.05) is 13.0 Å². The molecule has 1 aliphatic rings. The van der Waals surface area contributed by atoms with Gasteiger partial charge in [-0.2, -0.15) is 0 Å². The standard InChI is InChI=1S/C15H24N2O3S/c1-13-12-14(17-8-6-16-7-9-17)4-5-15(13)20-10-3-11-21(2,18)19/h4-5,12,16H,3,6-11H2,1-2H3. The molecule has 1 aromatic carbocycles. The molecule has 1 heterocycles. The number of rotatable bonds is 6. The van der Waals surface area contributed by atoms with Crippen LogP contribution in [0.4, 0.5) is 5.69 Å². The molecule has 0 atom stereocenters. The van der Waals surface area contributed by atoms with Gasteiger partial charge in [-0.1, -0.05) is 0 Å². The van der Waals surface area contributed by atoms with Crippen molar-refractivity contribution in [1.82, 2.24) is 5.32 Å². The highest BCUT2D eigenvalue weighted by atomic mass is 32.2. The molecule has 0 saturated carbocycles. The van der Waals surface area contributed by atoms with Gasteiger partial charge in [0.15, 0.2) is 0 Å². The van der Waals surface area contributed by atoms with Crippen LogP contribution in [0.3, 0.4) is 0 Å². The van der Waals surface area contributed by atoms with Crippen LogP contribution in [-0.4, -0.2) is 53.2 Å². The summed E-state index contributed by atoms with van der Waals surface area (Å²) in [4.78, 5) is 2.36. The molecule has 1 aromatic rings. The zero-order valence-electron chi connectivity index (χ0n) is 12.8. The molecule has 1 N–H and O–H groups in total. The summed E-state index contributed by atoms with van der Waals surface area (Å²) < 4.78 is 27.8. The van der Waals surface area contributed by atoms with Crippen molar-refractivity contribution in [2.24, 2.45) is 0 Å². The summed E-state index contributed by atoms with van der Waals surface area (Å²) >= 11 is 0. The minimum Gasteiger partial charge on any atom is -0.493 e. The van der Waals surface area contributed by atoms with Crippen molar-refractivity contribution in [2.45, 2.75) is 13.3 Å². The Kier molecular flexibility index (Phi) is 5.47. The molecule has 1 fully saturated rings. The lowest BCUT2D eigenvalue weighted by Gasteiger charge is -2.29. The summed E-state index contributed by atoms with van der Waals surface area (Å²) in [5.74, 6) is 1.01. The Balaban J connectivity index is 1.89. The number of sulfone groups is 1. The van der Waals surface area contributed by atoms with Gasteiger partial charge in [0.25, 0.3) is 0 Å². The average molecular weight is 312 g/mol. The van der Waals surface area contributed by atoms with E-state index in [9.17, 15) is 8.42 Å². The van der Waals surface area contributed by atoms with E-state index in [1.165, 1.54) is 11.9 Å². The third kappa shape index (κ3) is 5.21. The Bertz CT molecular complexity index is 566. The average Bonchev–Trinajstić information content (AvgIpc) is 2.45. The van der Waals surface area contributed by atoms with Gasteiger partial charge in [0.2, 0.25) is 0 Å². The highest BCUT2D eigenvalue weighted by Gasteiger charge is 2.11. The summed E-state index contributed by atoms with van der Waals surface area (Å²) in [6, 6.07) is 6.19. The van der Waals surface area contributed by atoms with E-state index < -0.39 is 9.84 Å². The number of piperazine rings is 1. The van der Waals surface area contributed by atoms with Gasteiger partial charge < -0.3 is 15.0 Å². The van der Waals surface area contributed by atoms with Crippen LogP contribution < -0.4 is 15.0 Å². The van der Waals surface area contributed by atoms with E-state index in [0.29, 0.717) is 13.0 Å². The number of nitrogens with one attached hydrogen (secondary N) is 1. The maximum atomic E-state index is 11.1. The van der Waals surface area contributed by atoms with E-state index in [2.05, 4.69) is 22.3 Å². The maximum Gasteiger partial charge on any atom is 0.147 e. The number of hydrogen-bond donors (Lipinski definition) is 1. The van der Waals surface area contributed by atoms with Gasteiger partial charge in [-0.15, -0.1) is 0 Å². The fraction of sp³-hybridized carbons (Fsp3) is 0.600. The zero-order chi connectivity index (χ0) is 15.3. The number of hydrogen-bond acceptors (Lipinski definition) is 5. The molecule has 0 amide bonds. The molecule has 0 bridgehead atoms. The number of anilines is 1. The molecule has 0 aliphatic carbocycles. The van der Waals surface area contributed by atoms with Gasteiger partial charge >= 0.3 is 0 Å². The molecule has 0 spiro atoms. The molecule has 21 heavy (non-hydrogen) atoms. The summed E-state index contributed by atoms with van der Waals surface area (Å²) in [5.41, 5.74) is 2.31. The predicted molar refractivity (Wildman–Crippen MR) is 86.1 cm³/mol. The van der Waals surface area contributed by atoms with Crippen LogP contribution >= 0.6 is 0 Å². The zero-order valence-corrected chi connectivity index (χ0v) is 13.6. The molecular formula is C15H24N2O3S. The first-order valence-corrected chi connectivity index (χ1v) is 9.38. The predicted octanol–water partition coefficient (Wildman–Crippen LogP) is 1.22. The monoisotopic (exact) mass is 312 g/mol. The molecule has 6 heteroatoms. The lowest BCUT2D eigenvalue weighted by atomic mass is 10.1. The smallest absolute Gasteiger partial charge is 0.147 e. The van der Waals surface area contributed by atoms with Gasteiger partial charge in [0.1, 0.15) is 15.6 Å². The van der Waals surface area contributed by atoms with E-state index in [4.69, 9.17) is 4.74 Å². The summed E-state index contributed by atoms with van der Waals surface area (Å²) in [6.45, 7) is 6.53. The molecule has 118 valence electrons. The van der Waals surface area contributed by atoms with Gasteiger partial charge in [0, 0.05) is 38.1 Å². The Morgan fingerprint density at radius 3 is 2.62 bits per heavy atom. The number of ether oxygens (including phenoxy) is 1. The normalized spacial score (nSPS) is 16.0. The van der Waals surface area contributed by atoms with E-state index in [1.54, 1.807) is 0 Å².